The van der Waals surface area contributed by atoms with Crippen LogP contribution >= 0.6 is 0 Å². The Morgan fingerprint density at radius 2 is 1.83 bits per heavy atom. The number of carboxylic acid groups (broad SMARTS) is 1. The second-order valence-corrected chi connectivity index (χ2v) is 19.0. The quantitative estimate of drug-likeness (QED) is 0.136. The fraction of sp³-hybridized carbons (Fsp3) is 0.657. The predicted octanol–water partition coefficient (Wildman–Crippen LogP) is 4.83. The molecule has 5 atom stereocenters. The number of carbonyl (C=O) groups is 4. The summed E-state index contributed by atoms with van der Waals surface area (Å²) in [5.41, 5.74) is 3.59. The zero-order chi connectivity index (χ0) is 35.5. The first kappa shape index (κ1) is 40.0. The third kappa shape index (κ3) is 11.8. The van der Waals surface area contributed by atoms with Gasteiger partial charge in [-0.05, 0) is 74.4 Å². The minimum absolute atomic E-state index is 0.0157. The highest BCUT2D eigenvalue weighted by molar-refractivity contribution is 6.74. The molecule has 1 heterocycles. The molecule has 1 aliphatic rings. The van der Waals surface area contributed by atoms with Gasteiger partial charge in [0, 0.05) is 19.6 Å². The first-order chi connectivity index (χ1) is 21.9. The summed E-state index contributed by atoms with van der Waals surface area (Å²) in [6, 6.07) is 4.64. The van der Waals surface area contributed by atoms with Crippen LogP contribution in [0.3, 0.4) is 0 Å². The summed E-state index contributed by atoms with van der Waals surface area (Å²) >= 11 is 0. The summed E-state index contributed by atoms with van der Waals surface area (Å²) in [5, 5.41) is 16.7. The normalized spacial score (nSPS) is 18.1. The maximum absolute atomic E-state index is 14.0. The van der Waals surface area contributed by atoms with E-state index in [9.17, 15) is 24.3 Å². The molecular formula is C35H58N4O7Si. The molecule has 47 heavy (non-hydrogen) atoms. The van der Waals surface area contributed by atoms with Gasteiger partial charge in [-0.25, -0.2) is 5.43 Å². The summed E-state index contributed by atoms with van der Waals surface area (Å²) in [6.45, 7) is 22.6. The van der Waals surface area contributed by atoms with Crippen molar-refractivity contribution >= 4 is 32.0 Å². The lowest BCUT2D eigenvalue weighted by atomic mass is 9.96. The molecule has 1 aliphatic heterocycles. The van der Waals surface area contributed by atoms with Crippen molar-refractivity contribution < 1.29 is 33.4 Å². The number of hydrogen-bond acceptors (Lipinski definition) is 7. The monoisotopic (exact) mass is 674 g/mol. The Morgan fingerprint density at radius 3 is 2.40 bits per heavy atom. The molecule has 1 aromatic rings. The van der Waals surface area contributed by atoms with E-state index in [1.807, 2.05) is 45.0 Å². The zero-order valence-corrected chi connectivity index (χ0v) is 30.9. The van der Waals surface area contributed by atoms with Gasteiger partial charge in [-0.1, -0.05) is 59.8 Å². The van der Waals surface area contributed by atoms with Crippen molar-refractivity contribution in [2.45, 2.75) is 123 Å². The minimum Gasteiger partial charge on any atom is -0.543 e. The Kier molecular flexibility index (Phi) is 15.1. The van der Waals surface area contributed by atoms with E-state index in [4.69, 9.17) is 9.16 Å². The lowest BCUT2D eigenvalue weighted by molar-refractivity contribution is -0.148. The fourth-order valence-corrected chi connectivity index (χ4v) is 6.18. The highest BCUT2D eigenvalue weighted by atomic mass is 28.4. The van der Waals surface area contributed by atoms with Crippen molar-refractivity contribution in [3.8, 4) is 5.75 Å². The topological polar surface area (TPSA) is 146 Å². The van der Waals surface area contributed by atoms with Crippen molar-refractivity contribution in [1.82, 2.24) is 21.1 Å². The predicted molar refractivity (Wildman–Crippen MR) is 186 cm³/mol. The third-order valence-electron chi connectivity index (χ3n) is 9.14. The number of ether oxygens (including phenoxy) is 1. The van der Waals surface area contributed by atoms with Crippen molar-refractivity contribution in [2.24, 2.45) is 11.8 Å². The number of rotatable bonds is 17. The van der Waals surface area contributed by atoms with Crippen molar-refractivity contribution in [1.29, 1.82) is 0 Å². The minimum atomic E-state index is -2.14. The van der Waals surface area contributed by atoms with Crippen LogP contribution in [0.15, 0.2) is 36.9 Å². The van der Waals surface area contributed by atoms with Crippen molar-refractivity contribution in [3.63, 3.8) is 0 Å². The molecule has 1 fully saturated rings. The first-order valence-corrected chi connectivity index (χ1v) is 19.7. The van der Waals surface area contributed by atoms with Gasteiger partial charge in [-0.2, -0.15) is 0 Å². The third-order valence-corrected chi connectivity index (χ3v) is 13.5. The summed E-state index contributed by atoms with van der Waals surface area (Å²) in [7, 11) is -2.14. The van der Waals surface area contributed by atoms with Gasteiger partial charge < -0.3 is 24.9 Å². The standard InChI is InChI=1S/C35H58N4O7Si/c1-11-13-19-29(45-12-2)24(5)31(40)37-30(23(3)4)32(41)36-28(33(42)39-20-15-18-27(38-39)34(43)44)22-25-16-14-17-26(21-25)46-47(9,10)35(6,7)8/h11,14,16-17,21,23-24,27-30,38H,1,12-13,15,18-20,22H2,2-10H3,(H,36,41)(H,37,40)(H,43,44)/t24-,27+,28+,29-,30+/m1/s1. The highest BCUT2D eigenvalue weighted by Gasteiger charge is 2.39. The van der Waals surface area contributed by atoms with E-state index in [0.29, 0.717) is 44.6 Å². The molecule has 2 rings (SSSR count). The van der Waals surface area contributed by atoms with Gasteiger partial charge in [0.25, 0.3) is 5.91 Å². The van der Waals surface area contributed by atoms with E-state index >= 15 is 0 Å². The van der Waals surface area contributed by atoms with E-state index in [0.717, 1.165) is 5.56 Å². The number of allylic oxidation sites excluding steroid dienone is 1. The summed E-state index contributed by atoms with van der Waals surface area (Å²) in [5.74, 6) is -2.44. The lowest BCUT2D eigenvalue weighted by Crippen LogP contribution is -2.62. The van der Waals surface area contributed by atoms with Crippen LogP contribution in [-0.2, 0) is 30.3 Å². The van der Waals surface area contributed by atoms with Crippen molar-refractivity contribution in [3.05, 3.63) is 42.5 Å². The van der Waals surface area contributed by atoms with Crippen molar-refractivity contribution in [2.75, 3.05) is 13.2 Å². The van der Waals surface area contributed by atoms with Crippen LogP contribution in [0, 0.1) is 11.8 Å². The van der Waals surface area contributed by atoms with Gasteiger partial charge in [0.05, 0.1) is 12.0 Å². The van der Waals surface area contributed by atoms with Crippen LogP contribution < -0.4 is 20.5 Å². The average molecular weight is 675 g/mol. The lowest BCUT2D eigenvalue weighted by Gasteiger charge is -2.36. The molecule has 0 aliphatic carbocycles. The Hall–Kier alpha value is -3.22. The number of hydrogen-bond donors (Lipinski definition) is 4. The SMILES string of the molecule is C=CCC[C@@H](OCC)[C@@H](C)C(=O)N[C@H](C(=O)N[C@@H](Cc1cccc(O[Si](C)(C)C(C)(C)C)c1)C(=O)N1CCC[C@@H](C(=O)O)N1)C(C)C. The zero-order valence-electron chi connectivity index (χ0n) is 29.9. The number of carbonyl (C=O) groups excluding carboxylic acids is 3. The molecule has 1 aromatic carbocycles. The summed E-state index contributed by atoms with van der Waals surface area (Å²) in [4.78, 5) is 52.9. The van der Waals surface area contributed by atoms with Gasteiger partial charge in [-0.3, -0.25) is 24.2 Å². The largest absolute Gasteiger partial charge is 0.543 e. The van der Waals surface area contributed by atoms with E-state index in [1.54, 1.807) is 13.0 Å². The van der Waals surface area contributed by atoms with Crippen LogP contribution in [0.25, 0.3) is 0 Å². The van der Waals surface area contributed by atoms with Gasteiger partial charge in [0.15, 0.2) is 0 Å². The molecule has 0 bridgehead atoms. The van der Waals surface area contributed by atoms with Gasteiger partial charge >= 0.3 is 5.97 Å². The van der Waals surface area contributed by atoms with Crippen LogP contribution in [0.4, 0.5) is 0 Å². The smallest absolute Gasteiger partial charge is 0.322 e. The number of benzene rings is 1. The van der Waals surface area contributed by atoms with Crippen LogP contribution in [0.5, 0.6) is 5.75 Å². The Balaban J connectivity index is 2.36. The summed E-state index contributed by atoms with van der Waals surface area (Å²) < 4.78 is 12.3. The molecule has 3 amide bonds. The summed E-state index contributed by atoms with van der Waals surface area (Å²) in [6.07, 6.45) is 3.78. The Labute approximate surface area is 282 Å². The molecule has 4 N–H and O–H groups in total. The number of hydrazine groups is 1. The molecule has 0 unspecified atom stereocenters. The maximum atomic E-state index is 14.0. The van der Waals surface area contributed by atoms with Crippen LogP contribution in [0.2, 0.25) is 18.1 Å². The number of nitrogens with one attached hydrogen (secondary N) is 3. The van der Waals surface area contributed by atoms with Gasteiger partial charge in [0.2, 0.25) is 20.1 Å². The molecular weight excluding hydrogens is 616 g/mol. The molecule has 0 aromatic heterocycles. The second-order valence-electron chi connectivity index (χ2n) is 14.3. The maximum Gasteiger partial charge on any atom is 0.322 e. The van der Waals surface area contributed by atoms with Crippen LogP contribution in [0.1, 0.15) is 79.7 Å². The fourth-order valence-electron chi connectivity index (χ4n) is 5.15. The van der Waals surface area contributed by atoms with Crippen LogP contribution in [-0.4, -0.2) is 79.5 Å². The molecule has 0 radical (unpaired) electrons. The number of nitrogens with zero attached hydrogens (tertiary/aromatic N) is 1. The van der Waals surface area contributed by atoms with Gasteiger partial charge in [0.1, 0.15) is 23.9 Å². The number of aliphatic carboxylic acids is 1. The number of amides is 3. The second kappa shape index (κ2) is 17.8. The van der Waals surface area contributed by atoms with E-state index in [-0.39, 0.29) is 29.4 Å². The molecule has 0 saturated carbocycles. The van der Waals surface area contributed by atoms with E-state index in [2.05, 4.69) is 56.5 Å². The van der Waals surface area contributed by atoms with E-state index < -0.39 is 50.1 Å². The Bertz CT molecular complexity index is 1230. The molecule has 0 spiro atoms. The molecule has 11 nitrogen and oxygen atoms in total. The Morgan fingerprint density at radius 1 is 1.15 bits per heavy atom. The number of carboxylic acids is 1. The van der Waals surface area contributed by atoms with E-state index in [1.165, 1.54) is 5.01 Å². The average Bonchev–Trinajstić information content (AvgIpc) is 2.99. The van der Waals surface area contributed by atoms with Gasteiger partial charge in [-0.15, -0.1) is 6.58 Å². The highest BCUT2D eigenvalue weighted by Crippen LogP contribution is 2.37. The first-order valence-electron chi connectivity index (χ1n) is 16.8. The molecule has 1 saturated heterocycles. The molecule has 12 heteroatoms. The molecule has 264 valence electrons.